The minimum Gasteiger partial charge on any atom is -0.339 e. The molecular formula is C4H6N2S3. The van der Waals surface area contributed by atoms with E-state index >= 15 is 0 Å². The molecule has 0 aromatic carbocycles. The van der Waals surface area contributed by atoms with E-state index in [4.69, 9.17) is 11.2 Å². The lowest BCUT2D eigenvalue weighted by molar-refractivity contribution is 0.912. The molecule has 0 N–H and O–H groups in total. The van der Waals surface area contributed by atoms with Crippen LogP contribution in [0.2, 0.25) is 0 Å². The zero-order chi connectivity index (χ0) is 6.85. The predicted octanol–water partition coefficient (Wildman–Crippen LogP) is 0.704. The van der Waals surface area contributed by atoms with Gasteiger partial charge in [0.1, 0.15) is 5.03 Å². The summed E-state index contributed by atoms with van der Waals surface area (Å²) in [6, 6.07) is 0. The SMILES string of the molecule is Cn1cnc(S(=S)S)c1. The highest BCUT2D eigenvalue weighted by Gasteiger charge is 1.95. The van der Waals surface area contributed by atoms with Gasteiger partial charge in [0.25, 0.3) is 0 Å². The molecular weight excluding hydrogens is 172 g/mol. The summed E-state index contributed by atoms with van der Waals surface area (Å²) in [6.07, 6.45) is 3.60. The summed E-state index contributed by atoms with van der Waals surface area (Å²) in [7, 11) is 1.50. The highest BCUT2D eigenvalue weighted by atomic mass is 33.3. The molecule has 0 fully saturated rings. The van der Waals surface area contributed by atoms with Crippen molar-refractivity contribution >= 4 is 31.3 Å². The largest absolute Gasteiger partial charge is 0.339 e. The summed E-state index contributed by atoms with van der Waals surface area (Å²) in [4.78, 5) is 4.01. The maximum Gasteiger partial charge on any atom is 0.128 e. The monoisotopic (exact) mass is 178 g/mol. The molecule has 1 rings (SSSR count). The molecule has 1 heterocycles. The molecule has 0 radical (unpaired) electrons. The second-order valence-corrected chi connectivity index (χ2v) is 5.38. The number of hydrogen-bond donors (Lipinski definition) is 1. The van der Waals surface area contributed by atoms with Gasteiger partial charge in [-0.3, -0.25) is 0 Å². The topological polar surface area (TPSA) is 17.8 Å². The second kappa shape index (κ2) is 2.81. The van der Waals surface area contributed by atoms with Gasteiger partial charge in [0.15, 0.2) is 0 Å². The van der Waals surface area contributed by atoms with Crippen LogP contribution < -0.4 is 0 Å². The van der Waals surface area contributed by atoms with Gasteiger partial charge in [-0.05, 0) is 19.7 Å². The number of aryl methyl sites for hydroxylation is 1. The fraction of sp³-hybridized carbons (Fsp3) is 0.250. The first-order valence-electron chi connectivity index (χ1n) is 2.29. The van der Waals surface area contributed by atoms with E-state index in [2.05, 4.69) is 16.6 Å². The first-order chi connectivity index (χ1) is 4.20. The van der Waals surface area contributed by atoms with Gasteiger partial charge in [0.2, 0.25) is 0 Å². The minimum absolute atomic E-state index is 0.412. The van der Waals surface area contributed by atoms with Crippen LogP contribution in [0.4, 0.5) is 0 Å². The fourth-order valence-corrected chi connectivity index (χ4v) is 1.41. The van der Waals surface area contributed by atoms with Gasteiger partial charge >= 0.3 is 0 Å². The molecule has 0 bridgehead atoms. The molecule has 5 heteroatoms. The van der Waals surface area contributed by atoms with Crippen molar-refractivity contribution in [1.29, 1.82) is 0 Å². The van der Waals surface area contributed by atoms with Gasteiger partial charge in [-0.25, -0.2) is 4.98 Å². The molecule has 0 saturated carbocycles. The summed E-state index contributed by atoms with van der Waals surface area (Å²) in [6.45, 7) is 0. The van der Waals surface area contributed by atoms with E-state index in [1.807, 2.05) is 17.8 Å². The Hall–Kier alpha value is 0.130. The Morgan fingerprint density at radius 3 is 2.78 bits per heavy atom. The number of nitrogens with zero attached hydrogens (tertiary/aromatic N) is 2. The normalized spacial score (nSPS) is 13.6. The lowest BCUT2D eigenvalue weighted by Crippen LogP contribution is -1.79. The van der Waals surface area contributed by atoms with Gasteiger partial charge in [-0.15, -0.1) is 11.7 Å². The zero-order valence-corrected chi connectivity index (χ0v) is 7.34. The molecule has 9 heavy (non-hydrogen) atoms. The van der Waals surface area contributed by atoms with Crippen molar-refractivity contribution in [1.82, 2.24) is 9.55 Å². The Bertz CT molecular complexity index is 229. The van der Waals surface area contributed by atoms with Gasteiger partial charge in [-0.1, -0.05) is 0 Å². The predicted molar refractivity (Wildman–Crippen MR) is 45.2 cm³/mol. The van der Waals surface area contributed by atoms with Crippen molar-refractivity contribution in [3.8, 4) is 0 Å². The highest BCUT2D eigenvalue weighted by Crippen LogP contribution is 2.04. The van der Waals surface area contributed by atoms with Crippen molar-refractivity contribution in [2.45, 2.75) is 5.03 Å². The van der Waals surface area contributed by atoms with Crippen LogP contribution in [-0.2, 0) is 26.7 Å². The first-order valence-corrected chi connectivity index (χ1v) is 5.49. The van der Waals surface area contributed by atoms with Crippen LogP contribution in [0.15, 0.2) is 17.6 Å². The van der Waals surface area contributed by atoms with Crippen LogP contribution in [0.1, 0.15) is 0 Å². The number of hydrogen-bond acceptors (Lipinski definition) is 2. The molecule has 2 nitrogen and oxygen atoms in total. The van der Waals surface area contributed by atoms with Crippen LogP contribution in [0.5, 0.6) is 0 Å². The average Bonchev–Trinajstić information content (AvgIpc) is 2.14. The molecule has 0 saturated heterocycles. The fourth-order valence-electron chi connectivity index (χ4n) is 0.479. The Morgan fingerprint density at radius 2 is 2.56 bits per heavy atom. The van der Waals surface area contributed by atoms with E-state index in [0.29, 0.717) is 0 Å². The number of aromatic nitrogens is 2. The second-order valence-electron chi connectivity index (χ2n) is 1.63. The van der Waals surface area contributed by atoms with Crippen molar-refractivity contribution < 1.29 is 0 Å². The number of imidazole rings is 1. The van der Waals surface area contributed by atoms with E-state index in [1.54, 1.807) is 6.33 Å². The first kappa shape index (κ1) is 7.24. The molecule has 0 spiro atoms. The van der Waals surface area contributed by atoms with Crippen LogP contribution >= 0.6 is 11.7 Å². The van der Waals surface area contributed by atoms with Gasteiger partial charge in [0.05, 0.1) is 6.33 Å². The highest BCUT2D eigenvalue weighted by molar-refractivity contribution is 8.76. The summed E-state index contributed by atoms with van der Waals surface area (Å²) in [5.74, 6) is 0. The third kappa shape index (κ3) is 1.77. The lowest BCUT2D eigenvalue weighted by Gasteiger charge is -1.85. The lowest BCUT2D eigenvalue weighted by atomic mass is 10.9. The van der Waals surface area contributed by atoms with Crippen LogP contribution in [0, 0.1) is 0 Å². The van der Waals surface area contributed by atoms with Crippen molar-refractivity contribution in [3.05, 3.63) is 12.5 Å². The molecule has 0 amide bonds. The number of thiol groups is 1. The number of rotatable bonds is 1. The van der Waals surface area contributed by atoms with Crippen molar-refractivity contribution in [2.24, 2.45) is 7.05 Å². The average molecular weight is 178 g/mol. The van der Waals surface area contributed by atoms with Crippen LogP contribution in [-0.4, -0.2) is 9.55 Å². The summed E-state index contributed by atoms with van der Waals surface area (Å²) in [5, 5.41) is 0.871. The summed E-state index contributed by atoms with van der Waals surface area (Å²) in [5.41, 5.74) is 0. The maximum absolute atomic E-state index is 4.87. The smallest absolute Gasteiger partial charge is 0.128 e. The van der Waals surface area contributed by atoms with E-state index in [-0.39, 0.29) is 0 Å². The third-order valence-electron chi connectivity index (χ3n) is 0.860. The van der Waals surface area contributed by atoms with E-state index in [1.165, 1.54) is 0 Å². The van der Waals surface area contributed by atoms with Crippen molar-refractivity contribution in [2.75, 3.05) is 0 Å². The quantitative estimate of drug-likeness (QED) is 0.504. The van der Waals surface area contributed by atoms with Gasteiger partial charge in [-0.2, -0.15) is 0 Å². The van der Waals surface area contributed by atoms with E-state index < -0.39 is 8.49 Å². The van der Waals surface area contributed by atoms with Crippen molar-refractivity contribution in [3.63, 3.8) is 0 Å². The molecule has 1 aromatic rings. The van der Waals surface area contributed by atoms with E-state index in [9.17, 15) is 0 Å². The molecule has 1 atom stereocenters. The van der Waals surface area contributed by atoms with Crippen LogP contribution in [0.25, 0.3) is 0 Å². The maximum atomic E-state index is 4.87. The Labute approximate surface area is 65.7 Å². The molecule has 1 aromatic heterocycles. The molecule has 0 aliphatic rings. The molecule has 0 aliphatic carbocycles. The standard InChI is InChI=1S/C4H6N2S3/c1-6-2-4(5-3-6)9(7)8/h2-3H,1H3,(H,7,8). The molecule has 0 aliphatic heterocycles. The van der Waals surface area contributed by atoms with E-state index in [0.717, 1.165) is 5.03 Å². The summed E-state index contributed by atoms with van der Waals surface area (Å²) >= 11 is 8.94. The minimum atomic E-state index is -0.412. The third-order valence-corrected chi connectivity index (χ3v) is 2.50. The van der Waals surface area contributed by atoms with Crippen LogP contribution in [0.3, 0.4) is 0 Å². The zero-order valence-electron chi connectivity index (χ0n) is 4.81. The van der Waals surface area contributed by atoms with Gasteiger partial charge in [0, 0.05) is 13.2 Å². The van der Waals surface area contributed by atoms with Gasteiger partial charge < -0.3 is 4.57 Å². The Morgan fingerprint density at radius 1 is 1.89 bits per heavy atom. The molecule has 1 unspecified atom stereocenters. The molecule has 50 valence electrons. The Kier molecular flexibility index (Phi) is 2.26. The Balaban J connectivity index is 2.98. The summed E-state index contributed by atoms with van der Waals surface area (Å²) < 4.78 is 1.86.